The molecule has 0 bridgehead atoms. The zero-order chi connectivity index (χ0) is 45.7. The van der Waals surface area contributed by atoms with Crippen LogP contribution in [0, 0.1) is 27.7 Å². The second-order valence-electron chi connectivity index (χ2n) is 19.8. The van der Waals surface area contributed by atoms with Crippen LogP contribution in [0.3, 0.4) is 0 Å². The molecule has 12 aromatic rings. The largest absolute Gasteiger partial charge is 0.310 e. The molecule has 0 N–H and O–H groups in total. The van der Waals surface area contributed by atoms with Crippen LogP contribution < -0.4 is 9.80 Å². The van der Waals surface area contributed by atoms with E-state index in [1.54, 1.807) is 0 Å². The number of nitrogens with zero attached hydrogens (tertiary/aromatic N) is 3. The van der Waals surface area contributed by atoms with E-state index in [0.29, 0.717) is 0 Å². The van der Waals surface area contributed by atoms with Gasteiger partial charge in [-0.15, -0.1) is 0 Å². The lowest BCUT2D eigenvalue weighted by Crippen LogP contribution is -2.11. The Bertz CT molecular complexity index is 3650. The van der Waals surface area contributed by atoms with E-state index in [0.717, 1.165) is 22.7 Å². The van der Waals surface area contributed by atoms with Gasteiger partial charge in [0.1, 0.15) is 0 Å². The van der Waals surface area contributed by atoms with Gasteiger partial charge in [-0.25, -0.2) is 0 Å². The highest BCUT2D eigenvalue weighted by molar-refractivity contribution is 6.27. The maximum absolute atomic E-state index is 2.55. The van der Waals surface area contributed by atoms with Crippen molar-refractivity contribution in [2.75, 3.05) is 9.80 Å². The summed E-state index contributed by atoms with van der Waals surface area (Å²) in [5.74, 6) is 0. The summed E-state index contributed by atoms with van der Waals surface area (Å²) in [7, 11) is 0. The third kappa shape index (κ3) is 6.80. The SMILES string of the molecule is Cc1ccc(C)c(N(c2ccccc2)c2ccc3cc4c5cc(-c6ccc(C(C)(C)C)cc6)cc6c7cc8ccc(N(c9ccccc9)c9cc(C)ccc9C)cc8cc7n(c4cc3c2)c56)c1. The Labute approximate surface area is 393 Å². The van der Waals surface area contributed by atoms with E-state index in [-0.39, 0.29) is 5.41 Å². The smallest absolute Gasteiger partial charge is 0.0620 e. The van der Waals surface area contributed by atoms with Gasteiger partial charge in [0.25, 0.3) is 0 Å². The highest BCUT2D eigenvalue weighted by Crippen LogP contribution is 2.46. The molecule has 0 fully saturated rings. The van der Waals surface area contributed by atoms with E-state index in [2.05, 4.69) is 257 Å². The van der Waals surface area contributed by atoms with Crippen LogP contribution >= 0.6 is 0 Å². The Kier molecular flexibility index (Phi) is 9.31. The molecular weight excluding hydrogens is 811 g/mol. The average Bonchev–Trinajstić information content (AvgIpc) is 3.83. The average molecular weight is 864 g/mol. The molecule has 0 aliphatic rings. The Morgan fingerprint density at radius 3 is 1.27 bits per heavy atom. The van der Waals surface area contributed by atoms with Gasteiger partial charge in [-0.3, -0.25) is 0 Å². The fourth-order valence-electron chi connectivity index (χ4n) is 10.5. The molecule has 0 saturated carbocycles. The van der Waals surface area contributed by atoms with Gasteiger partial charge in [0.15, 0.2) is 0 Å². The molecule has 0 aliphatic carbocycles. The van der Waals surface area contributed by atoms with Crippen molar-refractivity contribution in [1.29, 1.82) is 0 Å². The number of fused-ring (bicyclic) bond motifs is 8. The molecule has 0 amide bonds. The van der Waals surface area contributed by atoms with E-state index in [4.69, 9.17) is 0 Å². The third-order valence-corrected chi connectivity index (χ3v) is 14.1. The maximum atomic E-state index is 2.55. The van der Waals surface area contributed by atoms with Gasteiger partial charge in [0.2, 0.25) is 0 Å². The Hall–Kier alpha value is -7.88. The van der Waals surface area contributed by atoms with Crippen LogP contribution in [0.4, 0.5) is 34.1 Å². The molecule has 0 radical (unpaired) electrons. The predicted octanol–water partition coefficient (Wildman–Crippen LogP) is 18.3. The Morgan fingerprint density at radius 1 is 0.358 bits per heavy atom. The molecular formula is C64H53N3. The number of rotatable bonds is 7. The van der Waals surface area contributed by atoms with Gasteiger partial charge < -0.3 is 14.2 Å². The molecule has 2 heterocycles. The highest BCUT2D eigenvalue weighted by atomic mass is 15.1. The lowest BCUT2D eigenvalue weighted by molar-refractivity contribution is 0.590. The molecule has 324 valence electrons. The molecule has 12 rings (SSSR count). The lowest BCUT2D eigenvalue weighted by atomic mass is 9.86. The highest BCUT2D eigenvalue weighted by Gasteiger charge is 2.23. The number of anilines is 6. The summed E-state index contributed by atoms with van der Waals surface area (Å²) >= 11 is 0. The normalized spacial score (nSPS) is 12.1. The third-order valence-electron chi connectivity index (χ3n) is 14.1. The van der Waals surface area contributed by atoms with Crippen molar-refractivity contribution in [2.24, 2.45) is 0 Å². The number of benzene rings is 10. The van der Waals surface area contributed by atoms with Crippen molar-refractivity contribution in [3.8, 4) is 11.1 Å². The van der Waals surface area contributed by atoms with Gasteiger partial charge in [-0.05, 0) is 191 Å². The minimum Gasteiger partial charge on any atom is -0.310 e. The maximum Gasteiger partial charge on any atom is 0.0620 e. The van der Waals surface area contributed by atoms with Gasteiger partial charge in [-0.1, -0.05) is 118 Å². The molecule has 0 spiro atoms. The minimum atomic E-state index is 0.0821. The van der Waals surface area contributed by atoms with Gasteiger partial charge >= 0.3 is 0 Å². The predicted molar refractivity (Wildman–Crippen MR) is 289 cm³/mol. The van der Waals surface area contributed by atoms with Crippen LogP contribution in [0.5, 0.6) is 0 Å². The van der Waals surface area contributed by atoms with Crippen LogP contribution in [0.2, 0.25) is 0 Å². The number of para-hydroxylation sites is 2. The molecule has 3 heteroatoms. The van der Waals surface area contributed by atoms with Crippen molar-refractivity contribution in [3.63, 3.8) is 0 Å². The zero-order valence-corrected chi connectivity index (χ0v) is 39.3. The second-order valence-corrected chi connectivity index (χ2v) is 19.8. The lowest BCUT2D eigenvalue weighted by Gasteiger charge is -2.27. The number of hydrogen-bond donors (Lipinski definition) is 0. The van der Waals surface area contributed by atoms with Crippen LogP contribution in [0.15, 0.2) is 194 Å². The van der Waals surface area contributed by atoms with Crippen LogP contribution in [0.1, 0.15) is 48.6 Å². The fourth-order valence-corrected chi connectivity index (χ4v) is 10.5. The number of hydrogen-bond acceptors (Lipinski definition) is 2. The van der Waals surface area contributed by atoms with Crippen molar-refractivity contribution in [3.05, 3.63) is 222 Å². The topological polar surface area (TPSA) is 10.9 Å². The molecule has 0 atom stereocenters. The summed E-state index contributed by atoms with van der Waals surface area (Å²) in [6.45, 7) is 15.6. The first kappa shape index (κ1) is 40.6. The first-order chi connectivity index (χ1) is 32.5. The molecule has 3 nitrogen and oxygen atoms in total. The minimum absolute atomic E-state index is 0.0821. The molecule has 0 saturated heterocycles. The molecule has 67 heavy (non-hydrogen) atoms. The van der Waals surface area contributed by atoms with Crippen LogP contribution in [-0.4, -0.2) is 4.40 Å². The van der Waals surface area contributed by atoms with Crippen molar-refractivity contribution in [2.45, 2.75) is 53.9 Å². The fraction of sp³-hybridized carbons (Fsp3) is 0.125. The Morgan fingerprint density at radius 2 is 0.821 bits per heavy atom. The van der Waals surface area contributed by atoms with Crippen LogP contribution in [-0.2, 0) is 5.41 Å². The monoisotopic (exact) mass is 863 g/mol. The summed E-state index contributed by atoms with van der Waals surface area (Å²) in [6.07, 6.45) is 0. The molecule has 0 aliphatic heterocycles. The van der Waals surface area contributed by atoms with Crippen molar-refractivity contribution >= 4 is 93.8 Å². The zero-order valence-electron chi connectivity index (χ0n) is 39.3. The van der Waals surface area contributed by atoms with E-state index < -0.39 is 0 Å². The van der Waals surface area contributed by atoms with Gasteiger partial charge in [-0.2, -0.15) is 0 Å². The summed E-state index contributed by atoms with van der Waals surface area (Å²) in [5.41, 5.74) is 19.5. The van der Waals surface area contributed by atoms with Crippen LogP contribution in [0.25, 0.3) is 70.8 Å². The van der Waals surface area contributed by atoms with Gasteiger partial charge in [0, 0.05) is 55.7 Å². The quantitative estimate of drug-likeness (QED) is 0.158. The number of aryl methyl sites for hydroxylation is 4. The summed E-state index contributed by atoms with van der Waals surface area (Å²) < 4.78 is 2.55. The molecule has 10 aromatic carbocycles. The summed E-state index contributed by atoms with van der Waals surface area (Å²) in [4.78, 5) is 4.82. The van der Waals surface area contributed by atoms with E-state index in [1.165, 1.54) is 110 Å². The van der Waals surface area contributed by atoms with E-state index >= 15 is 0 Å². The Balaban J connectivity index is 1.12. The second kappa shape index (κ2) is 15.4. The first-order valence-corrected chi connectivity index (χ1v) is 23.6. The van der Waals surface area contributed by atoms with E-state index in [9.17, 15) is 0 Å². The molecule has 2 aromatic heterocycles. The summed E-state index contributed by atoms with van der Waals surface area (Å²) in [5, 5.41) is 9.95. The van der Waals surface area contributed by atoms with Gasteiger partial charge in [0.05, 0.1) is 16.6 Å². The number of aromatic nitrogens is 1. The van der Waals surface area contributed by atoms with Crippen molar-refractivity contribution < 1.29 is 0 Å². The van der Waals surface area contributed by atoms with Crippen molar-refractivity contribution in [1.82, 2.24) is 4.40 Å². The van der Waals surface area contributed by atoms with E-state index in [1.807, 2.05) is 0 Å². The first-order valence-electron chi connectivity index (χ1n) is 23.6. The summed E-state index contributed by atoms with van der Waals surface area (Å²) in [6, 6.07) is 72.8. The standard InChI is InChI=1S/C64H53N3/c1-40-18-20-42(3)59(30-40)65(51-14-10-8-11-15-51)53-28-24-45-34-55-57-36-49(44-22-26-50(27-23-44)64(5,6)7)37-58-56-35-46-25-29-54(33-48(46)39-62(56)67(63(57)58)61(55)38-47(45)32-53)66(52-16-12-9-13-17-52)60-31-41(2)19-21-43(60)4/h8-39H,1-7H3. The molecule has 0 unspecified atom stereocenters.